The number of rotatable bonds is 4. The normalized spacial score (nSPS) is 29.8. The number of nitrogens with zero attached hydrogens (tertiary/aromatic N) is 4. The van der Waals surface area contributed by atoms with Crippen molar-refractivity contribution in [2.45, 2.75) is 41.4 Å². The Morgan fingerprint density at radius 1 is 1.18 bits per heavy atom. The Balaban J connectivity index is 1.32. The van der Waals surface area contributed by atoms with Gasteiger partial charge in [0.25, 0.3) is 0 Å². The fourth-order valence-corrected chi connectivity index (χ4v) is 7.40. The van der Waals surface area contributed by atoms with Crippen molar-refractivity contribution in [1.29, 1.82) is 0 Å². The van der Waals surface area contributed by atoms with Crippen LogP contribution in [0.1, 0.15) is 29.8 Å². The molecule has 7 nitrogen and oxygen atoms in total. The van der Waals surface area contributed by atoms with E-state index in [1.807, 2.05) is 12.1 Å². The van der Waals surface area contributed by atoms with Crippen LogP contribution in [0.2, 0.25) is 16.1 Å². The van der Waals surface area contributed by atoms with Crippen molar-refractivity contribution < 1.29 is 4.79 Å². The van der Waals surface area contributed by atoms with Crippen LogP contribution in [-0.4, -0.2) is 79.4 Å². The molecule has 0 radical (unpaired) electrons. The van der Waals surface area contributed by atoms with Gasteiger partial charge in [0, 0.05) is 0 Å². The Morgan fingerprint density at radius 3 is 2.68 bits per heavy atom. The van der Waals surface area contributed by atoms with Gasteiger partial charge in [0.2, 0.25) is 0 Å². The molecule has 2 atom stereocenters. The number of H-pyrrole nitrogens is 1. The van der Waals surface area contributed by atoms with Gasteiger partial charge in [-0.15, -0.1) is 0 Å². The molecule has 2 aromatic rings. The summed E-state index contributed by atoms with van der Waals surface area (Å²) in [7, 11) is 0. The van der Waals surface area contributed by atoms with Crippen molar-refractivity contribution in [3.8, 4) is 0 Å². The molecule has 1 amide bonds. The van der Waals surface area contributed by atoms with E-state index in [4.69, 9.17) is 4.98 Å². The van der Waals surface area contributed by atoms with Crippen molar-refractivity contribution in [1.82, 2.24) is 25.4 Å². The van der Waals surface area contributed by atoms with Crippen molar-refractivity contribution in [2.75, 3.05) is 37.6 Å². The van der Waals surface area contributed by atoms with Crippen LogP contribution in [-0.2, 0) is 0 Å². The molecule has 0 aliphatic carbocycles. The quantitative estimate of drug-likeness (QED) is 0.707. The Bertz CT molecular complexity index is 875. The van der Waals surface area contributed by atoms with Crippen LogP contribution in [0.25, 0.3) is 11.0 Å². The maximum absolute atomic E-state index is 12.9. The second-order valence-corrected chi connectivity index (χ2v) is 14.3. The molecule has 0 spiro atoms. The third kappa shape index (κ3) is 3.33. The van der Waals surface area contributed by atoms with Gasteiger partial charge >= 0.3 is 140 Å². The van der Waals surface area contributed by atoms with Crippen molar-refractivity contribution in [3.05, 3.63) is 17.8 Å². The number of nitrogens with one attached hydrogen (secondary N) is 2. The van der Waals surface area contributed by atoms with Crippen LogP contribution < -0.4 is 10.2 Å². The molecule has 2 N–H and O–H groups in total. The summed E-state index contributed by atoms with van der Waals surface area (Å²) >= 11 is -0.679. The second kappa shape index (κ2) is 7.34. The summed E-state index contributed by atoms with van der Waals surface area (Å²) < 4.78 is 0.870. The molecule has 6 heterocycles. The monoisotopic (exact) mass is 444 g/mol. The molecule has 8 heteroatoms. The number of carbonyl (C=O) groups is 1. The van der Waals surface area contributed by atoms with Gasteiger partial charge in [-0.2, -0.15) is 0 Å². The average molecular weight is 444 g/mol. The average Bonchev–Trinajstić information content (AvgIpc) is 3.36. The van der Waals surface area contributed by atoms with E-state index in [2.05, 4.69) is 36.7 Å². The molecular weight excluding hydrogens is 415 g/mol. The van der Waals surface area contributed by atoms with E-state index in [0.717, 1.165) is 35.5 Å². The molecule has 4 saturated heterocycles. The van der Waals surface area contributed by atoms with Gasteiger partial charge in [-0.1, -0.05) is 0 Å². The molecular formula is C20H29AsN6O. The van der Waals surface area contributed by atoms with Gasteiger partial charge in [0.05, 0.1) is 0 Å². The molecule has 6 rings (SSSR count). The maximum atomic E-state index is 12.9. The number of amides is 1. The van der Waals surface area contributed by atoms with Crippen LogP contribution in [0.5, 0.6) is 0 Å². The first-order valence-corrected chi connectivity index (χ1v) is 15.2. The van der Waals surface area contributed by atoms with E-state index in [1.54, 1.807) is 0 Å². The summed E-state index contributed by atoms with van der Waals surface area (Å²) in [6.45, 7) is 5.51. The number of hydrogen-bond acceptors (Lipinski definition) is 5. The van der Waals surface area contributed by atoms with Gasteiger partial charge in [-0.25, -0.2) is 0 Å². The van der Waals surface area contributed by atoms with E-state index < -0.39 is 14.7 Å². The zero-order valence-electron chi connectivity index (χ0n) is 16.7. The third-order valence-corrected chi connectivity index (χ3v) is 10.8. The third-order valence-electron chi connectivity index (χ3n) is 6.81. The number of hydrogen-bond donors (Lipinski definition) is 2. The van der Waals surface area contributed by atoms with Crippen LogP contribution in [0.4, 0.5) is 5.82 Å². The summed E-state index contributed by atoms with van der Waals surface area (Å²) in [5.41, 5.74) is 6.06. The zero-order chi connectivity index (χ0) is 19.3. The second-order valence-electron chi connectivity index (χ2n) is 8.71. The van der Waals surface area contributed by atoms with E-state index in [-0.39, 0.29) is 11.9 Å². The fraction of sp³-hybridized carbons (Fsp3) is 0.650. The number of carbonyl (C=O) groups excluding carboxylic acids is 1. The Morgan fingerprint density at radius 2 is 2.00 bits per heavy atom. The summed E-state index contributed by atoms with van der Waals surface area (Å²) in [5, 5.41) is 11.4. The number of aromatic amines is 1. The number of piperidine rings is 3. The molecule has 0 saturated carbocycles. The van der Waals surface area contributed by atoms with Gasteiger partial charge < -0.3 is 4.90 Å². The van der Waals surface area contributed by atoms with Crippen LogP contribution in [0.15, 0.2) is 12.1 Å². The first kappa shape index (κ1) is 18.4. The van der Waals surface area contributed by atoms with Crippen LogP contribution in [0, 0.1) is 5.92 Å². The number of pyridine rings is 1. The predicted molar refractivity (Wildman–Crippen MR) is 112 cm³/mol. The minimum absolute atomic E-state index is 0.0769. The standard InChI is InChI=1S/C20H29AsN6O/c1-21(2)14-7-10-27(11-14)17-4-3-15-18(24-25-19(15)23-17)20(28)22-16-12-26-8-5-13(16)6-9-26/h3-4,13-14,16H,5-12H2,1-2H3,(H,22,28)(H,23,24,25). The van der Waals surface area contributed by atoms with E-state index in [9.17, 15) is 4.79 Å². The van der Waals surface area contributed by atoms with Crippen molar-refractivity contribution >= 4 is 37.4 Å². The first-order valence-electron chi connectivity index (χ1n) is 10.4. The number of aromatic nitrogens is 3. The van der Waals surface area contributed by atoms with E-state index in [1.165, 1.54) is 32.4 Å². The molecule has 0 aromatic carbocycles. The summed E-state index contributed by atoms with van der Waals surface area (Å²) in [6.07, 6.45) is 3.66. The van der Waals surface area contributed by atoms with Gasteiger partial charge in [0.15, 0.2) is 0 Å². The molecule has 4 fully saturated rings. The molecule has 4 aliphatic heterocycles. The summed E-state index contributed by atoms with van der Waals surface area (Å²) in [6, 6.07) is 4.30. The van der Waals surface area contributed by atoms with Crippen LogP contribution in [0.3, 0.4) is 0 Å². The summed E-state index contributed by atoms with van der Waals surface area (Å²) in [5.74, 6) is 1.53. The Hall–Kier alpha value is -1.59. The van der Waals surface area contributed by atoms with Gasteiger partial charge in [-0.3, -0.25) is 0 Å². The number of fused-ring (bicyclic) bond motifs is 4. The zero-order valence-corrected chi connectivity index (χ0v) is 18.6. The fourth-order valence-electron chi connectivity index (χ4n) is 4.98. The topological polar surface area (TPSA) is 77.2 Å². The molecule has 150 valence electrons. The summed E-state index contributed by atoms with van der Waals surface area (Å²) in [4.78, 5) is 22.5. The Labute approximate surface area is 170 Å². The first-order chi connectivity index (χ1) is 13.6. The van der Waals surface area contributed by atoms with Crippen molar-refractivity contribution in [2.24, 2.45) is 5.92 Å². The minimum atomic E-state index is -0.679. The molecule has 4 aliphatic rings. The SMILES string of the molecule is C[As](C)C1CCN(c2ccc3c(C(=O)NC4CN5CCC4CC5)n[nH]c3n2)C1. The van der Waals surface area contributed by atoms with Gasteiger partial charge in [-0.05, 0) is 25.9 Å². The Kier molecular flexibility index (Phi) is 4.83. The van der Waals surface area contributed by atoms with E-state index >= 15 is 0 Å². The van der Waals surface area contributed by atoms with Gasteiger partial charge in [0.1, 0.15) is 0 Å². The van der Waals surface area contributed by atoms with Crippen LogP contribution >= 0.6 is 0 Å². The molecule has 2 bridgehead atoms. The number of anilines is 1. The predicted octanol–water partition coefficient (Wildman–Crippen LogP) is 2.12. The molecule has 2 aromatic heterocycles. The van der Waals surface area contributed by atoms with Crippen molar-refractivity contribution in [3.63, 3.8) is 0 Å². The molecule has 28 heavy (non-hydrogen) atoms. The van der Waals surface area contributed by atoms with E-state index in [0.29, 0.717) is 17.3 Å². The molecule has 2 unspecified atom stereocenters.